The largest absolute Gasteiger partial charge is 0.298 e. The topological polar surface area (TPSA) is 30.0 Å². The minimum absolute atomic E-state index is 0.0833. The summed E-state index contributed by atoms with van der Waals surface area (Å²) in [4.78, 5) is 14.8. The van der Waals surface area contributed by atoms with Gasteiger partial charge in [0.15, 0.2) is 12.1 Å². The van der Waals surface area contributed by atoms with Gasteiger partial charge in [-0.05, 0) is 28.7 Å². The molecule has 4 heteroatoms. The number of nitrogens with zero attached hydrogens (tertiary/aromatic N) is 1. The summed E-state index contributed by atoms with van der Waals surface area (Å²) in [6, 6.07) is 7.00. The van der Waals surface area contributed by atoms with E-state index in [9.17, 15) is 9.18 Å². The fourth-order valence-electron chi connectivity index (χ4n) is 1.30. The van der Waals surface area contributed by atoms with Crippen LogP contribution in [0.25, 0.3) is 10.9 Å². The van der Waals surface area contributed by atoms with Gasteiger partial charge in [-0.2, -0.15) is 0 Å². The molecule has 0 atom stereocenters. The highest BCUT2D eigenvalue weighted by Crippen LogP contribution is 2.21. The van der Waals surface area contributed by atoms with Crippen LogP contribution in [0.2, 0.25) is 0 Å². The normalized spacial score (nSPS) is 10.4. The van der Waals surface area contributed by atoms with E-state index >= 15 is 0 Å². The third kappa shape index (κ3) is 1.39. The van der Waals surface area contributed by atoms with Crippen LogP contribution in [0.4, 0.5) is 4.39 Å². The minimum atomic E-state index is -0.542. The van der Waals surface area contributed by atoms with E-state index < -0.39 is 5.82 Å². The van der Waals surface area contributed by atoms with Gasteiger partial charge >= 0.3 is 0 Å². The van der Waals surface area contributed by atoms with Gasteiger partial charge in [0.2, 0.25) is 0 Å². The van der Waals surface area contributed by atoms with E-state index in [4.69, 9.17) is 0 Å². The number of aldehydes is 1. The van der Waals surface area contributed by atoms with Gasteiger partial charge in [0.05, 0.1) is 11.1 Å². The molecule has 2 nitrogen and oxygen atoms in total. The first-order valence-electron chi connectivity index (χ1n) is 3.93. The second kappa shape index (κ2) is 3.61. The van der Waals surface area contributed by atoms with Crippen LogP contribution >= 0.6 is 22.6 Å². The molecule has 14 heavy (non-hydrogen) atoms. The maximum absolute atomic E-state index is 13.4. The minimum Gasteiger partial charge on any atom is -0.298 e. The van der Waals surface area contributed by atoms with E-state index in [0.29, 0.717) is 17.2 Å². The van der Waals surface area contributed by atoms with Gasteiger partial charge in [0.1, 0.15) is 3.70 Å². The molecule has 0 aliphatic heterocycles. The van der Waals surface area contributed by atoms with Gasteiger partial charge in [-0.3, -0.25) is 4.79 Å². The summed E-state index contributed by atoms with van der Waals surface area (Å²) < 4.78 is 13.7. The molecule has 0 aliphatic carbocycles. The maximum Gasteiger partial charge on any atom is 0.166 e. The van der Waals surface area contributed by atoms with Gasteiger partial charge < -0.3 is 0 Å². The molecular weight excluding hydrogens is 296 g/mol. The van der Waals surface area contributed by atoms with Crippen molar-refractivity contribution in [3.63, 3.8) is 0 Å². The number of fused-ring (bicyclic) bond motifs is 1. The molecule has 0 spiro atoms. The van der Waals surface area contributed by atoms with Gasteiger partial charge in [0.25, 0.3) is 0 Å². The summed E-state index contributed by atoms with van der Waals surface area (Å²) in [5.41, 5.74) is 0.723. The summed E-state index contributed by atoms with van der Waals surface area (Å²) >= 11 is 1.78. The Balaban J connectivity index is 2.96. The number of hydrogen-bond donors (Lipinski definition) is 0. The molecule has 70 valence electrons. The van der Waals surface area contributed by atoms with Crippen LogP contribution in [-0.4, -0.2) is 11.3 Å². The van der Waals surface area contributed by atoms with Crippen molar-refractivity contribution >= 4 is 39.8 Å². The molecule has 0 radical (unpaired) electrons. The Hall–Kier alpha value is -1.04. The van der Waals surface area contributed by atoms with E-state index in [0.717, 1.165) is 0 Å². The quantitative estimate of drug-likeness (QED) is 0.460. The number of aromatic nitrogens is 1. The lowest BCUT2D eigenvalue weighted by Gasteiger charge is -2.02. The van der Waals surface area contributed by atoms with Crippen molar-refractivity contribution in [2.75, 3.05) is 0 Å². The summed E-state index contributed by atoms with van der Waals surface area (Å²) in [6.07, 6.45) is 0.529. The summed E-state index contributed by atoms with van der Waals surface area (Å²) in [5.74, 6) is -0.542. The molecule has 0 bridgehead atoms. The molecule has 0 amide bonds. The highest BCUT2D eigenvalue weighted by molar-refractivity contribution is 14.1. The second-order valence-electron chi connectivity index (χ2n) is 2.77. The molecule has 0 saturated carbocycles. The Bertz CT molecular complexity index is 513. The lowest BCUT2D eigenvalue weighted by atomic mass is 10.1. The zero-order valence-corrected chi connectivity index (χ0v) is 9.16. The van der Waals surface area contributed by atoms with Crippen LogP contribution in [0.3, 0.4) is 0 Å². The number of hydrogen-bond acceptors (Lipinski definition) is 2. The predicted octanol–water partition coefficient (Wildman–Crippen LogP) is 2.79. The van der Waals surface area contributed by atoms with Gasteiger partial charge in [-0.1, -0.05) is 18.2 Å². The number of para-hydroxylation sites is 1. The molecule has 0 aliphatic rings. The standard InChI is InChI=1S/C10H5FINO/c11-9-7(5-14)6-3-1-2-4-8(6)13-10(9)12/h1-5H. The third-order valence-electron chi connectivity index (χ3n) is 1.95. The molecule has 2 rings (SSSR count). The average molecular weight is 301 g/mol. The van der Waals surface area contributed by atoms with Gasteiger partial charge in [-0.15, -0.1) is 0 Å². The fourth-order valence-corrected chi connectivity index (χ4v) is 1.85. The smallest absolute Gasteiger partial charge is 0.166 e. The van der Waals surface area contributed by atoms with Crippen molar-refractivity contribution in [1.82, 2.24) is 4.98 Å². The van der Waals surface area contributed by atoms with E-state index in [-0.39, 0.29) is 9.26 Å². The highest BCUT2D eigenvalue weighted by atomic mass is 127. The van der Waals surface area contributed by atoms with Crippen LogP contribution in [0.1, 0.15) is 10.4 Å². The molecule has 1 aromatic heterocycles. The second-order valence-corrected chi connectivity index (χ2v) is 3.79. The first-order valence-corrected chi connectivity index (χ1v) is 5.01. The number of halogens is 2. The van der Waals surface area contributed by atoms with Crippen molar-refractivity contribution in [3.8, 4) is 0 Å². The molecule has 1 aromatic carbocycles. The zero-order valence-electron chi connectivity index (χ0n) is 7.00. The Morgan fingerprint density at radius 1 is 1.36 bits per heavy atom. The van der Waals surface area contributed by atoms with Crippen molar-refractivity contribution in [2.45, 2.75) is 0 Å². The van der Waals surface area contributed by atoms with Crippen molar-refractivity contribution in [3.05, 3.63) is 39.3 Å². The van der Waals surface area contributed by atoms with E-state index in [1.54, 1.807) is 46.9 Å². The summed E-state index contributed by atoms with van der Waals surface area (Å²) in [7, 11) is 0. The van der Waals surface area contributed by atoms with Crippen LogP contribution in [-0.2, 0) is 0 Å². The number of carbonyl (C=O) groups excluding carboxylic acids is 1. The number of rotatable bonds is 1. The lowest BCUT2D eigenvalue weighted by molar-refractivity contribution is 0.112. The van der Waals surface area contributed by atoms with Crippen molar-refractivity contribution < 1.29 is 9.18 Å². The molecule has 2 aromatic rings. The number of benzene rings is 1. The van der Waals surface area contributed by atoms with Gasteiger partial charge in [0, 0.05) is 5.39 Å². The number of pyridine rings is 1. The van der Waals surface area contributed by atoms with Crippen LogP contribution in [0.15, 0.2) is 24.3 Å². The highest BCUT2D eigenvalue weighted by Gasteiger charge is 2.11. The third-order valence-corrected chi connectivity index (χ3v) is 2.66. The molecule has 1 heterocycles. The van der Waals surface area contributed by atoms with E-state index in [1.165, 1.54) is 0 Å². The van der Waals surface area contributed by atoms with E-state index in [2.05, 4.69) is 4.98 Å². The first kappa shape index (κ1) is 9.51. The average Bonchev–Trinajstić information content (AvgIpc) is 2.20. The Morgan fingerprint density at radius 3 is 2.79 bits per heavy atom. The zero-order chi connectivity index (χ0) is 10.1. The molecule has 0 N–H and O–H groups in total. The van der Waals surface area contributed by atoms with E-state index in [1.807, 2.05) is 0 Å². The maximum atomic E-state index is 13.4. The number of carbonyl (C=O) groups is 1. The predicted molar refractivity (Wildman–Crippen MR) is 59.8 cm³/mol. The summed E-state index contributed by atoms with van der Waals surface area (Å²) in [5, 5.41) is 0.556. The molecule has 0 unspecified atom stereocenters. The Morgan fingerprint density at radius 2 is 2.07 bits per heavy atom. The van der Waals surface area contributed by atoms with Crippen LogP contribution < -0.4 is 0 Å². The van der Waals surface area contributed by atoms with Gasteiger partial charge in [-0.25, -0.2) is 9.37 Å². The van der Waals surface area contributed by atoms with Crippen LogP contribution in [0.5, 0.6) is 0 Å². The fraction of sp³-hybridized carbons (Fsp3) is 0. The van der Waals surface area contributed by atoms with Crippen molar-refractivity contribution in [2.24, 2.45) is 0 Å². The Labute approximate surface area is 93.3 Å². The monoisotopic (exact) mass is 301 g/mol. The summed E-state index contributed by atoms with van der Waals surface area (Å²) in [6.45, 7) is 0. The molecule has 0 saturated heterocycles. The first-order chi connectivity index (χ1) is 6.74. The van der Waals surface area contributed by atoms with Crippen LogP contribution in [0, 0.1) is 9.52 Å². The lowest BCUT2D eigenvalue weighted by Crippen LogP contribution is -1.97. The van der Waals surface area contributed by atoms with Crippen molar-refractivity contribution in [1.29, 1.82) is 0 Å². The molecule has 0 fully saturated rings. The SMILES string of the molecule is O=Cc1c(F)c(I)nc2ccccc12. The Kier molecular flexibility index (Phi) is 2.45. The molecular formula is C10H5FINO.